The molecule has 2 N–H and O–H groups in total. The van der Waals surface area contributed by atoms with Crippen LogP contribution in [0.4, 0.5) is 5.82 Å². The summed E-state index contributed by atoms with van der Waals surface area (Å²) < 4.78 is 2.07. The van der Waals surface area contributed by atoms with Crippen molar-refractivity contribution in [1.82, 2.24) is 34.8 Å². The highest BCUT2D eigenvalue weighted by Crippen LogP contribution is 2.26. The minimum absolute atomic E-state index is 0.376. The van der Waals surface area contributed by atoms with Gasteiger partial charge in [-0.3, -0.25) is 0 Å². The summed E-state index contributed by atoms with van der Waals surface area (Å²) >= 11 is 0. The quantitative estimate of drug-likeness (QED) is 0.749. The van der Waals surface area contributed by atoms with E-state index in [1.807, 2.05) is 6.92 Å². The number of hydrogen-bond donors (Lipinski definition) is 2. The highest BCUT2D eigenvalue weighted by molar-refractivity contribution is 5.86. The molecule has 3 aromatic rings. The number of aryl methyl sites for hydroxylation is 2. The van der Waals surface area contributed by atoms with Gasteiger partial charge in [0.1, 0.15) is 18.0 Å². The van der Waals surface area contributed by atoms with E-state index in [0.717, 1.165) is 60.2 Å². The van der Waals surface area contributed by atoms with Crippen molar-refractivity contribution in [2.24, 2.45) is 0 Å². The molecular weight excluding hydrogens is 304 g/mol. The number of hydrogen-bond acceptors (Lipinski definition) is 7. The number of imidazole rings is 1. The molecule has 8 heteroatoms. The SMILES string of the molecule is CCn1c(-c2cnc(C)nc2)nc2c(NC3CCNC3)ncnc21. The molecular formula is C16H20N8. The average Bonchev–Trinajstić information content (AvgIpc) is 3.23. The van der Waals surface area contributed by atoms with Crippen molar-refractivity contribution in [3.63, 3.8) is 0 Å². The topological polar surface area (TPSA) is 93.4 Å². The molecule has 0 amide bonds. The summed E-state index contributed by atoms with van der Waals surface area (Å²) in [5.74, 6) is 2.35. The zero-order valence-electron chi connectivity index (χ0n) is 13.8. The summed E-state index contributed by atoms with van der Waals surface area (Å²) in [6, 6.07) is 0.376. The minimum Gasteiger partial charge on any atom is -0.364 e. The van der Waals surface area contributed by atoms with Crippen molar-refractivity contribution in [2.45, 2.75) is 32.9 Å². The van der Waals surface area contributed by atoms with E-state index in [1.165, 1.54) is 0 Å². The fraction of sp³-hybridized carbons (Fsp3) is 0.438. The lowest BCUT2D eigenvalue weighted by molar-refractivity contribution is 0.781. The van der Waals surface area contributed by atoms with Crippen LogP contribution >= 0.6 is 0 Å². The second-order valence-electron chi connectivity index (χ2n) is 5.93. The van der Waals surface area contributed by atoms with Gasteiger partial charge in [0.15, 0.2) is 17.0 Å². The first-order valence-electron chi connectivity index (χ1n) is 8.23. The normalized spacial score (nSPS) is 17.5. The van der Waals surface area contributed by atoms with E-state index in [1.54, 1.807) is 18.7 Å². The van der Waals surface area contributed by atoms with E-state index in [4.69, 9.17) is 4.98 Å². The van der Waals surface area contributed by atoms with Crippen molar-refractivity contribution in [2.75, 3.05) is 18.4 Å². The molecule has 24 heavy (non-hydrogen) atoms. The predicted molar refractivity (Wildman–Crippen MR) is 91.7 cm³/mol. The average molecular weight is 324 g/mol. The van der Waals surface area contributed by atoms with Crippen molar-refractivity contribution in [3.8, 4) is 11.4 Å². The Labute approximate surface area is 139 Å². The van der Waals surface area contributed by atoms with Crippen LogP contribution in [0.1, 0.15) is 19.2 Å². The Morgan fingerprint density at radius 1 is 1.25 bits per heavy atom. The van der Waals surface area contributed by atoms with Gasteiger partial charge in [0, 0.05) is 31.5 Å². The van der Waals surface area contributed by atoms with E-state index < -0.39 is 0 Å². The van der Waals surface area contributed by atoms with Crippen molar-refractivity contribution in [3.05, 3.63) is 24.5 Å². The Bertz CT molecular complexity index is 848. The second kappa shape index (κ2) is 6.12. The molecule has 3 aromatic heterocycles. The van der Waals surface area contributed by atoms with Gasteiger partial charge in [0.2, 0.25) is 0 Å². The van der Waals surface area contributed by atoms with Gasteiger partial charge < -0.3 is 15.2 Å². The number of rotatable bonds is 4. The predicted octanol–water partition coefficient (Wildman–Crippen LogP) is 1.39. The Kier molecular flexibility index (Phi) is 3.81. The van der Waals surface area contributed by atoms with Crippen LogP contribution in [0.3, 0.4) is 0 Å². The first-order chi connectivity index (χ1) is 11.8. The third-order valence-corrected chi connectivity index (χ3v) is 4.29. The van der Waals surface area contributed by atoms with Crippen molar-refractivity contribution in [1.29, 1.82) is 0 Å². The lowest BCUT2D eigenvalue weighted by Gasteiger charge is -2.11. The maximum Gasteiger partial charge on any atom is 0.165 e. The molecule has 0 radical (unpaired) electrons. The van der Waals surface area contributed by atoms with Crippen molar-refractivity contribution < 1.29 is 0 Å². The van der Waals surface area contributed by atoms with E-state index in [9.17, 15) is 0 Å². The first kappa shape index (κ1) is 14.9. The Balaban J connectivity index is 1.81. The summed E-state index contributed by atoms with van der Waals surface area (Å²) in [6.45, 7) is 6.69. The highest BCUT2D eigenvalue weighted by atomic mass is 15.2. The van der Waals surface area contributed by atoms with Crippen LogP contribution in [0.15, 0.2) is 18.7 Å². The molecule has 1 aliphatic rings. The second-order valence-corrected chi connectivity index (χ2v) is 5.93. The standard InChI is InChI=1S/C16H20N8/c1-3-24-15(11-6-18-10(2)19-7-11)23-13-14(20-9-21-16(13)24)22-12-4-5-17-8-12/h6-7,9,12,17H,3-5,8H2,1-2H3,(H,20,21,22). The van der Waals surface area contributed by atoms with Gasteiger partial charge in [-0.15, -0.1) is 0 Å². The molecule has 0 saturated carbocycles. The van der Waals surface area contributed by atoms with Gasteiger partial charge in [0.25, 0.3) is 0 Å². The van der Waals surface area contributed by atoms with Gasteiger partial charge in [-0.1, -0.05) is 0 Å². The Morgan fingerprint density at radius 3 is 2.79 bits per heavy atom. The lowest BCUT2D eigenvalue weighted by atomic mass is 10.2. The van der Waals surface area contributed by atoms with Crippen LogP contribution in [0.25, 0.3) is 22.6 Å². The van der Waals surface area contributed by atoms with Crippen molar-refractivity contribution >= 4 is 17.0 Å². The molecule has 0 bridgehead atoms. The number of fused-ring (bicyclic) bond motifs is 1. The third-order valence-electron chi connectivity index (χ3n) is 4.29. The van der Waals surface area contributed by atoms with Gasteiger partial charge in [0.05, 0.1) is 5.56 Å². The summed E-state index contributed by atoms with van der Waals surface area (Å²) in [4.78, 5) is 22.2. The maximum absolute atomic E-state index is 4.80. The van der Waals surface area contributed by atoms with Crippen LogP contribution in [0.2, 0.25) is 0 Å². The third kappa shape index (κ3) is 2.58. The number of nitrogens with one attached hydrogen (secondary N) is 2. The van der Waals surface area contributed by atoms with E-state index in [-0.39, 0.29) is 0 Å². The molecule has 8 nitrogen and oxygen atoms in total. The molecule has 1 fully saturated rings. The molecule has 0 aromatic carbocycles. The van der Waals surface area contributed by atoms with E-state index in [2.05, 4.69) is 42.1 Å². The van der Waals surface area contributed by atoms with Crippen LogP contribution < -0.4 is 10.6 Å². The Morgan fingerprint density at radius 2 is 2.08 bits per heavy atom. The molecule has 4 heterocycles. The smallest absolute Gasteiger partial charge is 0.165 e. The molecule has 1 aliphatic heterocycles. The van der Waals surface area contributed by atoms with Crippen LogP contribution in [-0.4, -0.2) is 48.6 Å². The summed E-state index contributed by atoms with van der Waals surface area (Å²) in [5.41, 5.74) is 2.51. The molecule has 0 aliphatic carbocycles. The molecule has 1 unspecified atom stereocenters. The molecule has 124 valence electrons. The monoisotopic (exact) mass is 324 g/mol. The zero-order chi connectivity index (χ0) is 16.5. The van der Waals surface area contributed by atoms with Crippen LogP contribution in [0, 0.1) is 6.92 Å². The fourth-order valence-corrected chi connectivity index (χ4v) is 3.04. The molecule has 0 spiro atoms. The summed E-state index contributed by atoms with van der Waals surface area (Å²) in [5, 5.41) is 6.84. The largest absolute Gasteiger partial charge is 0.364 e. The number of aromatic nitrogens is 6. The molecule has 1 saturated heterocycles. The summed E-state index contributed by atoms with van der Waals surface area (Å²) in [6.07, 6.45) is 6.28. The molecule has 1 atom stereocenters. The summed E-state index contributed by atoms with van der Waals surface area (Å²) in [7, 11) is 0. The minimum atomic E-state index is 0.376. The fourth-order valence-electron chi connectivity index (χ4n) is 3.04. The maximum atomic E-state index is 4.80. The first-order valence-corrected chi connectivity index (χ1v) is 8.23. The van der Waals surface area contributed by atoms with Gasteiger partial charge in [-0.2, -0.15) is 0 Å². The Hall–Kier alpha value is -2.61. The van der Waals surface area contributed by atoms with Crippen LogP contribution in [0.5, 0.6) is 0 Å². The van der Waals surface area contributed by atoms with E-state index in [0.29, 0.717) is 6.04 Å². The molecule has 4 rings (SSSR count). The number of nitrogens with zero attached hydrogens (tertiary/aromatic N) is 6. The van der Waals surface area contributed by atoms with Gasteiger partial charge in [-0.05, 0) is 26.8 Å². The van der Waals surface area contributed by atoms with Crippen LogP contribution in [-0.2, 0) is 6.54 Å². The highest BCUT2D eigenvalue weighted by Gasteiger charge is 2.20. The van der Waals surface area contributed by atoms with Gasteiger partial charge >= 0.3 is 0 Å². The van der Waals surface area contributed by atoms with E-state index >= 15 is 0 Å². The number of anilines is 1. The lowest BCUT2D eigenvalue weighted by Crippen LogP contribution is -2.22. The zero-order valence-corrected chi connectivity index (χ0v) is 13.8. The van der Waals surface area contributed by atoms with Gasteiger partial charge in [-0.25, -0.2) is 24.9 Å².